The molecule has 0 heterocycles. The van der Waals surface area contributed by atoms with Crippen molar-refractivity contribution in [1.29, 1.82) is 0 Å². The number of nitrogens with one attached hydrogen (secondary N) is 1. The predicted octanol–water partition coefficient (Wildman–Crippen LogP) is 2.12. The second-order valence-corrected chi connectivity index (χ2v) is 4.51. The largest absolute Gasteiger partial charge is 0.383 e. The van der Waals surface area contributed by atoms with E-state index < -0.39 is 0 Å². The standard InChI is InChI=1S/C13H30N2O/c1-5-9-15(10-6-2)11-7-8-14-13(3)12-16-4/h13-14H,5-12H2,1-4H3. The number of methoxy groups -OCH3 is 1. The molecule has 0 saturated heterocycles. The molecule has 1 N–H and O–H groups in total. The Morgan fingerprint density at radius 3 is 2.25 bits per heavy atom. The molecular formula is C13H30N2O. The molecule has 0 aromatic heterocycles. The highest BCUT2D eigenvalue weighted by atomic mass is 16.5. The van der Waals surface area contributed by atoms with Crippen molar-refractivity contribution in [2.45, 2.75) is 46.1 Å². The molecule has 0 aliphatic heterocycles. The van der Waals surface area contributed by atoms with Crippen molar-refractivity contribution in [2.24, 2.45) is 0 Å². The molecule has 0 amide bonds. The van der Waals surface area contributed by atoms with E-state index in [1.54, 1.807) is 7.11 Å². The number of hydrogen-bond donors (Lipinski definition) is 1. The molecule has 1 unspecified atom stereocenters. The highest BCUT2D eigenvalue weighted by Gasteiger charge is 2.03. The fourth-order valence-electron chi connectivity index (χ4n) is 1.93. The predicted molar refractivity (Wildman–Crippen MR) is 71.0 cm³/mol. The minimum Gasteiger partial charge on any atom is -0.383 e. The Morgan fingerprint density at radius 1 is 1.12 bits per heavy atom. The van der Waals surface area contributed by atoms with Gasteiger partial charge in [0.05, 0.1) is 6.61 Å². The summed E-state index contributed by atoms with van der Waals surface area (Å²) < 4.78 is 5.09. The van der Waals surface area contributed by atoms with Gasteiger partial charge in [-0.15, -0.1) is 0 Å². The number of nitrogens with zero attached hydrogens (tertiary/aromatic N) is 1. The molecule has 0 radical (unpaired) electrons. The van der Waals surface area contributed by atoms with Crippen molar-refractivity contribution in [3.63, 3.8) is 0 Å². The Morgan fingerprint density at radius 2 is 1.75 bits per heavy atom. The van der Waals surface area contributed by atoms with Gasteiger partial charge >= 0.3 is 0 Å². The molecule has 3 heteroatoms. The Bertz CT molecular complexity index is 136. The highest BCUT2D eigenvalue weighted by molar-refractivity contribution is 4.61. The van der Waals surface area contributed by atoms with Gasteiger partial charge in [0.15, 0.2) is 0 Å². The summed E-state index contributed by atoms with van der Waals surface area (Å²) in [5.74, 6) is 0. The van der Waals surface area contributed by atoms with E-state index in [9.17, 15) is 0 Å². The van der Waals surface area contributed by atoms with E-state index in [2.05, 4.69) is 31.0 Å². The fourth-order valence-corrected chi connectivity index (χ4v) is 1.93. The quantitative estimate of drug-likeness (QED) is 0.550. The van der Waals surface area contributed by atoms with Gasteiger partial charge in [-0.3, -0.25) is 0 Å². The van der Waals surface area contributed by atoms with E-state index in [0.29, 0.717) is 6.04 Å². The molecule has 0 bridgehead atoms. The van der Waals surface area contributed by atoms with Gasteiger partial charge in [0.2, 0.25) is 0 Å². The van der Waals surface area contributed by atoms with Gasteiger partial charge < -0.3 is 15.0 Å². The molecule has 0 spiro atoms. The molecule has 0 rings (SSSR count). The van der Waals surface area contributed by atoms with Crippen LogP contribution < -0.4 is 5.32 Å². The van der Waals surface area contributed by atoms with E-state index in [0.717, 1.165) is 13.2 Å². The Labute approximate surface area is 102 Å². The first kappa shape index (κ1) is 15.9. The summed E-state index contributed by atoms with van der Waals surface area (Å²) in [5.41, 5.74) is 0. The van der Waals surface area contributed by atoms with Crippen LogP contribution in [-0.2, 0) is 4.74 Å². The molecule has 1 atom stereocenters. The summed E-state index contributed by atoms with van der Waals surface area (Å²) in [6, 6.07) is 0.468. The summed E-state index contributed by atoms with van der Waals surface area (Å²) in [4.78, 5) is 2.56. The maximum absolute atomic E-state index is 5.09. The van der Waals surface area contributed by atoms with Crippen LogP contribution in [0.15, 0.2) is 0 Å². The van der Waals surface area contributed by atoms with Crippen LogP contribution in [-0.4, -0.2) is 50.8 Å². The van der Waals surface area contributed by atoms with E-state index in [1.165, 1.54) is 38.9 Å². The Balaban J connectivity index is 3.45. The van der Waals surface area contributed by atoms with Gasteiger partial charge in [0, 0.05) is 13.2 Å². The molecule has 0 aromatic carbocycles. The zero-order valence-corrected chi connectivity index (χ0v) is 11.6. The average Bonchev–Trinajstić information content (AvgIpc) is 2.25. The minimum absolute atomic E-state index is 0.468. The van der Waals surface area contributed by atoms with Crippen LogP contribution in [0, 0.1) is 0 Å². The van der Waals surface area contributed by atoms with Crippen LogP contribution in [0.5, 0.6) is 0 Å². The van der Waals surface area contributed by atoms with Gasteiger partial charge in [-0.25, -0.2) is 0 Å². The lowest BCUT2D eigenvalue weighted by molar-refractivity contribution is 0.171. The molecule has 98 valence electrons. The molecule has 0 aliphatic rings. The first-order valence-electron chi connectivity index (χ1n) is 6.69. The summed E-state index contributed by atoms with van der Waals surface area (Å²) in [6.07, 6.45) is 3.75. The average molecular weight is 230 g/mol. The van der Waals surface area contributed by atoms with E-state index in [1.807, 2.05) is 0 Å². The van der Waals surface area contributed by atoms with Crippen molar-refractivity contribution < 1.29 is 4.74 Å². The van der Waals surface area contributed by atoms with Gasteiger partial charge in [-0.05, 0) is 52.4 Å². The van der Waals surface area contributed by atoms with Crippen molar-refractivity contribution in [3.8, 4) is 0 Å². The van der Waals surface area contributed by atoms with Crippen LogP contribution in [0.4, 0.5) is 0 Å². The maximum atomic E-state index is 5.09. The third-order valence-electron chi connectivity index (χ3n) is 2.64. The monoisotopic (exact) mass is 230 g/mol. The van der Waals surface area contributed by atoms with Gasteiger partial charge in [-0.1, -0.05) is 13.8 Å². The third kappa shape index (κ3) is 9.13. The fraction of sp³-hybridized carbons (Fsp3) is 1.00. The number of ether oxygens (including phenoxy) is 1. The Kier molecular flexibility index (Phi) is 11.3. The molecule has 0 saturated carbocycles. The maximum Gasteiger partial charge on any atom is 0.0613 e. The minimum atomic E-state index is 0.468. The topological polar surface area (TPSA) is 24.5 Å². The Hall–Kier alpha value is -0.120. The lowest BCUT2D eigenvalue weighted by Gasteiger charge is -2.21. The molecule has 0 fully saturated rings. The summed E-state index contributed by atoms with van der Waals surface area (Å²) in [6.45, 7) is 12.3. The van der Waals surface area contributed by atoms with Crippen molar-refractivity contribution >= 4 is 0 Å². The first-order chi connectivity index (χ1) is 7.74. The van der Waals surface area contributed by atoms with Crippen molar-refractivity contribution in [3.05, 3.63) is 0 Å². The number of hydrogen-bond acceptors (Lipinski definition) is 3. The second kappa shape index (κ2) is 11.4. The lowest BCUT2D eigenvalue weighted by atomic mass is 10.3. The zero-order valence-electron chi connectivity index (χ0n) is 11.6. The van der Waals surface area contributed by atoms with Crippen molar-refractivity contribution in [2.75, 3.05) is 39.9 Å². The highest BCUT2D eigenvalue weighted by Crippen LogP contribution is 1.96. The van der Waals surface area contributed by atoms with Crippen molar-refractivity contribution in [1.82, 2.24) is 10.2 Å². The lowest BCUT2D eigenvalue weighted by Crippen LogP contribution is -2.34. The van der Waals surface area contributed by atoms with E-state index in [4.69, 9.17) is 4.74 Å². The second-order valence-electron chi connectivity index (χ2n) is 4.51. The van der Waals surface area contributed by atoms with Crippen LogP contribution in [0.3, 0.4) is 0 Å². The third-order valence-corrected chi connectivity index (χ3v) is 2.64. The first-order valence-corrected chi connectivity index (χ1v) is 6.69. The summed E-state index contributed by atoms with van der Waals surface area (Å²) in [7, 11) is 1.75. The van der Waals surface area contributed by atoms with Crippen LogP contribution in [0.2, 0.25) is 0 Å². The molecular weight excluding hydrogens is 200 g/mol. The molecule has 0 aliphatic carbocycles. The normalized spacial score (nSPS) is 13.3. The molecule has 0 aromatic rings. The van der Waals surface area contributed by atoms with Crippen LogP contribution >= 0.6 is 0 Å². The summed E-state index contributed by atoms with van der Waals surface area (Å²) >= 11 is 0. The van der Waals surface area contributed by atoms with Gasteiger partial charge in [0.25, 0.3) is 0 Å². The van der Waals surface area contributed by atoms with Crippen LogP contribution in [0.1, 0.15) is 40.0 Å². The zero-order chi connectivity index (χ0) is 12.2. The summed E-state index contributed by atoms with van der Waals surface area (Å²) in [5, 5.41) is 3.47. The van der Waals surface area contributed by atoms with Crippen LogP contribution in [0.25, 0.3) is 0 Å². The smallest absolute Gasteiger partial charge is 0.0613 e. The number of rotatable bonds is 11. The van der Waals surface area contributed by atoms with Gasteiger partial charge in [-0.2, -0.15) is 0 Å². The SMILES string of the molecule is CCCN(CCC)CCCNC(C)COC. The molecule has 3 nitrogen and oxygen atoms in total. The molecule has 16 heavy (non-hydrogen) atoms. The van der Waals surface area contributed by atoms with E-state index >= 15 is 0 Å². The van der Waals surface area contributed by atoms with E-state index in [-0.39, 0.29) is 0 Å². The van der Waals surface area contributed by atoms with Gasteiger partial charge in [0.1, 0.15) is 0 Å².